The Morgan fingerprint density at radius 2 is 1.29 bits per heavy atom. The van der Waals surface area contributed by atoms with Crippen LogP contribution in [0.2, 0.25) is 0 Å². The summed E-state index contributed by atoms with van der Waals surface area (Å²) in [5.41, 5.74) is 5.22. The van der Waals surface area contributed by atoms with Gasteiger partial charge in [-0.1, -0.05) is 48.5 Å². The molecule has 3 atom stereocenters. The third-order valence-electron chi connectivity index (χ3n) is 4.33. The molecule has 2 aromatic carbocycles. The number of hydrogen-bond acceptors (Lipinski definition) is 1. The fourth-order valence-corrected chi connectivity index (χ4v) is 3.58. The number of benzene rings is 2. The summed E-state index contributed by atoms with van der Waals surface area (Å²) in [5.74, 6) is 0.793. The van der Waals surface area contributed by atoms with E-state index in [4.69, 9.17) is 0 Å². The van der Waals surface area contributed by atoms with E-state index in [0.29, 0.717) is 11.8 Å². The average Bonchev–Trinajstić information content (AvgIpc) is 2.73. The van der Waals surface area contributed by atoms with Crippen LogP contribution in [0, 0.1) is 0 Å². The monoisotopic (exact) mass is 222 g/mol. The second kappa shape index (κ2) is 3.21. The number of aliphatic hydroxyl groups excluding tert-OH is 1. The van der Waals surface area contributed by atoms with E-state index < -0.39 is 0 Å². The Balaban J connectivity index is 2.01. The van der Waals surface area contributed by atoms with Crippen molar-refractivity contribution in [3.05, 3.63) is 70.8 Å². The summed E-state index contributed by atoms with van der Waals surface area (Å²) in [6, 6.07) is 16.9. The molecule has 84 valence electrons. The zero-order valence-electron chi connectivity index (χ0n) is 9.51. The third kappa shape index (κ3) is 1.12. The van der Waals surface area contributed by atoms with Crippen molar-refractivity contribution >= 4 is 0 Å². The SMILES string of the molecule is O[C@@H]1c2ccccc2[C@H]2C[C@H]1c1ccccc12. The first-order valence-electron chi connectivity index (χ1n) is 6.22. The lowest BCUT2D eigenvalue weighted by Crippen LogP contribution is -2.15. The predicted octanol–water partition coefficient (Wildman–Crippen LogP) is 3.35. The molecule has 0 unspecified atom stereocenters. The number of fused-ring (bicyclic) bond motifs is 7. The minimum absolute atomic E-state index is 0.297. The molecule has 2 aromatic rings. The first-order valence-corrected chi connectivity index (χ1v) is 6.22. The highest BCUT2D eigenvalue weighted by molar-refractivity contribution is 5.52. The molecule has 0 spiro atoms. The van der Waals surface area contributed by atoms with Crippen LogP contribution in [0.1, 0.15) is 46.6 Å². The van der Waals surface area contributed by atoms with Gasteiger partial charge < -0.3 is 5.11 Å². The van der Waals surface area contributed by atoms with Gasteiger partial charge in [-0.05, 0) is 28.7 Å². The first kappa shape index (κ1) is 9.43. The molecule has 0 aliphatic heterocycles. The predicted molar refractivity (Wildman–Crippen MR) is 67.0 cm³/mol. The van der Waals surface area contributed by atoms with Crippen LogP contribution in [-0.4, -0.2) is 5.11 Å². The van der Waals surface area contributed by atoms with Gasteiger partial charge in [0.1, 0.15) is 0 Å². The van der Waals surface area contributed by atoms with E-state index in [0.717, 1.165) is 12.0 Å². The zero-order valence-corrected chi connectivity index (χ0v) is 9.51. The van der Waals surface area contributed by atoms with Crippen molar-refractivity contribution in [2.75, 3.05) is 0 Å². The van der Waals surface area contributed by atoms with Crippen molar-refractivity contribution in [2.45, 2.75) is 24.4 Å². The lowest BCUT2D eigenvalue weighted by molar-refractivity contribution is 0.135. The second-order valence-electron chi connectivity index (χ2n) is 5.10. The summed E-state index contributed by atoms with van der Waals surface area (Å²) in [5, 5.41) is 10.5. The van der Waals surface area contributed by atoms with Gasteiger partial charge in [0.15, 0.2) is 0 Å². The van der Waals surface area contributed by atoms with Crippen LogP contribution < -0.4 is 0 Å². The van der Waals surface area contributed by atoms with E-state index in [1.807, 2.05) is 6.07 Å². The molecule has 4 rings (SSSR count). The maximum Gasteiger partial charge on any atom is 0.0861 e. The summed E-state index contributed by atoms with van der Waals surface area (Å²) in [7, 11) is 0. The van der Waals surface area contributed by atoms with Gasteiger partial charge in [0, 0.05) is 11.8 Å². The smallest absolute Gasteiger partial charge is 0.0861 e. The minimum atomic E-state index is -0.328. The van der Waals surface area contributed by atoms with E-state index in [1.165, 1.54) is 16.7 Å². The molecule has 2 aliphatic rings. The quantitative estimate of drug-likeness (QED) is 0.724. The highest BCUT2D eigenvalue weighted by Gasteiger charge is 2.42. The van der Waals surface area contributed by atoms with Gasteiger partial charge in [-0.3, -0.25) is 0 Å². The molecule has 0 amide bonds. The molecule has 1 nitrogen and oxygen atoms in total. The number of aliphatic hydroxyl groups is 1. The van der Waals surface area contributed by atoms with Crippen LogP contribution in [-0.2, 0) is 0 Å². The highest BCUT2D eigenvalue weighted by atomic mass is 16.3. The minimum Gasteiger partial charge on any atom is -0.388 e. The molecule has 0 heterocycles. The molecule has 17 heavy (non-hydrogen) atoms. The lowest BCUT2D eigenvalue weighted by Gasteiger charge is -2.28. The van der Waals surface area contributed by atoms with Crippen LogP contribution in [0.5, 0.6) is 0 Å². The van der Waals surface area contributed by atoms with Gasteiger partial charge >= 0.3 is 0 Å². The summed E-state index contributed by atoms with van der Waals surface area (Å²) < 4.78 is 0. The molecule has 0 saturated heterocycles. The molecule has 0 radical (unpaired) electrons. The van der Waals surface area contributed by atoms with Gasteiger partial charge in [-0.25, -0.2) is 0 Å². The van der Waals surface area contributed by atoms with Gasteiger partial charge in [-0.15, -0.1) is 0 Å². The molecule has 2 aliphatic carbocycles. The summed E-state index contributed by atoms with van der Waals surface area (Å²) >= 11 is 0. The average molecular weight is 222 g/mol. The van der Waals surface area contributed by atoms with Crippen LogP contribution in [0.4, 0.5) is 0 Å². The van der Waals surface area contributed by atoms with Gasteiger partial charge in [0.25, 0.3) is 0 Å². The van der Waals surface area contributed by atoms with E-state index in [2.05, 4.69) is 42.5 Å². The fourth-order valence-electron chi connectivity index (χ4n) is 3.58. The van der Waals surface area contributed by atoms with Crippen molar-refractivity contribution in [3.8, 4) is 0 Å². The van der Waals surface area contributed by atoms with Crippen molar-refractivity contribution in [2.24, 2.45) is 0 Å². The van der Waals surface area contributed by atoms with Crippen LogP contribution in [0.3, 0.4) is 0 Å². The largest absolute Gasteiger partial charge is 0.388 e. The maximum atomic E-state index is 10.5. The second-order valence-corrected chi connectivity index (χ2v) is 5.10. The molecular formula is C16H14O. The number of hydrogen-bond donors (Lipinski definition) is 1. The molecule has 2 bridgehead atoms. The molecule has 1 heteroatoms. The van der Waals surface area contributed by atoms with Gasteiger partial charge in [0.2, 0.25) is 0 Å². The Morgan fingerprint density at radius 1 is 0.765 bits per heavy atom. The Morgan fingerprint density at radius 3 is 2.00 bits per heavy atom. The zero-order chi connectivity index (χ0) is 11.4. The Kier molecular flexibility index (Phi) is 1.78. The number of rotatable bonds is 0. The summed E-state index contributed by atoms with van der Waals surface area (Å²) in [6.45, 7) is 0. The van der Waals surface area contributed by atoms with Gasteiger partial charge in [0.05, 0.1) is 6.10 Å². The molecule has 0 fully saturated rings. The van der Waals surface area contributed by atoms with E-state index in [1.54, 1.807) is 0 Å². The molecular weight excluding hydrogens is 208 g/mol. The Bertz CT molecular complexity index is 588. The van der Waals surface area contributed by atoms with Gasteiger partial charge in [-0.2, -0.15) is 0 Å². The lowest BCUT2D eigenvalue weighted by atomic mass is 9.79. The standard InChI is InChI=1S/C16H14O/c17-16-13-8-4-3-7-12(13)14-9-15(16)11-6-2-1-5-10(11)14/h1-8,14-17H,9H2/t14-,15-,16+/m0/s1. The topological polar surface area (TPSA) is 20.2 Å². The highest BCUT2D eigenvalue weighted by Crippen LogP contribution is 2.55. The molecule has 0 aromatic heterocycles. The fraction of sp³-hybridized carbons (Fsp3) is 0.250. The first-order chi connectivity index (χ1) is 8.36. The van der Waals surface area contributed by atoms with E-state index in [9.17, 15) is 5.11 Å². The van der Waals surface area contributed by atoms with Crippen molar-refractivity contribution in [1.82, 2.24) is 0 Å². The van der Waals surface area contributed by atoms with E-state index >= 15 is 0 Å². The molecule has 1 N–H and O–H groups in total. The van der Waals surface area contributed by atoms with Crippen molar-refractivity contribution < 1.29 is 5.11 Å². The van der Waals surface area contributed by atoms with Crippen molar-refractivity contribution in [3.63, 3.8) is 0 Å². The van der Waals surface area contributed by atoms with Crippen LogP contribution in [0.15, 0.2) is 48.5 Å². The van der Waals surface area contributed by atoms with Crippen LogP contribution >= 0.6 is 0 Å². The molecule has 0 saturated carbocycles. The maximum absolute atomic E-state index is 10.5. The third-order valence-corrected chi connectivity index (χ3v) is 4.33. The van der Waals surface area contributed by atoms with Crippen molar-refractivity contribution in [1.29, 1.82) is 0 Å². The normalized spacial score (nSPS) is 28.6. The Labute approximate surface area is 101 Å². The summed E-state index contributed by atoms with van der Waals surface area (Å²) in [6.07, 6.45) is 0.739. The summed E-state index contributed by atoms with van der Waals surface area (Å²) in [4.78, 5) is 0. The Hall–Kier alpha value is -1.60. The van der Waals surface area contributed by atoms with E-state index in [-0.39, 0.29) is 6.10 Å². The van der Waals surface area contributed by atoms with Crippen LogP contribution in [0.25, 0.3) is 0 Å².